The molecule has 0 aromatic rings. The Balaban J connectivity index is 1.45. The lowest BCUT2D eigenvalue weighted by molar-refractivity contribution is -0.0592. The van der Waals surface area contributed by atoms with E-state index in [2.05, 4.69) is 33.8 Å². The molecule has 4 aliphatic carbocycles. The van der Waals surface area contributed by atoms with E-state index in [1.807, 2.05) is 5.57 Å². The number of fused-ring (bicyclic) bond motifs is 5. The zero-order valence-electron chi connectivity index (χ0n) is 19.3. The van der Waals surface area contributed by atoms with Gasteiger partial charge in [0.25, 0.3) is 0 Å². The van der Waals surface area contributed by atoms with Crippen LogP contribution in [0.1, 0.15) is 105 Å². The summed E-state index contributed by atoms with van der Waals surface area (Å²) in [6.07, 6.45) is 20.0. The second-order valence-corrected chi connectivity index (χ2v) is 11.9. The minimum absolute atomic E-state index is 0.560. The molecule has 0 aromatic heterocycles. The topological polar surface area (TPSA) is 26.0 Å². The smallest absolute Gasteiger partial charge is 0.00515 e. The van der Waals surface area contributed by atoms with Gasteiger partial charge in [0.05, 0.1) is 0 Å². The fourth-order valence-electron chi connectivity index (χ4n) is 8.84. The molecule has 0 radical (unpaired) electrons. The van der Waals surface area contributed by atoms with Gasteiger partial charge in [-0.1, -0.05) is 52.2 Å². The maximum absolute atomic E-state index is 5.84. The van der Waals surface area contributed by atoms with Crippen molar-refractivity contribution in [2.45, 2.75) is 105 Å². The fourth-order valence-corrected chi connectivity index (χ4v) is 8.84. The van der Waals surface area contributed by atoms with Crippen molar-refractivity contribution in [1.82, 2.24) is 0 Å². The first-order chi connectivity index (χ1) is 13.4. The fraction of sp³-hybridized carbons (Fsp3) is 0.926. The van der Waals surface area contributed by atoms with E-state index in [0.29, 0.717) is 16.7 Å². The lowest BCUT2D eigenvalue weighted by Crippen LogP contribution is -2.50. The van der Waals surface area contributed by atoms with Crippen LogP contribution < -0.4 is 5.73 Å². The summed E-state index contributed by atoms with van der Waals surface area (Å²) < 4.78 is 0. The van der Waals surface area contributed by atoms with Crippen molar-refractivity contribution in [2.24, 2.45) is 52.1 Å². The number of hydrogen-bond acceptors (Lipinski definition) is 1. The molecule has 0 amide bonds. The molecule has 4 rings (SSSR count). The van der Waals surface area contributed by atoms with Gasteiger partial charge in [0, 0.05) is 0 Å². The van der Waals surface area contributed by atoms with Gasteiger partial charge >= 0.3 is 0 Å². The van der Waals surface area contributed by atoms with Crippen LogP contribution in [-0.2, 0) is 0 Å². The summed E-state index contributed by atoms with van der Waals surface area (Å²) in [7, 11) is 0. The van der Waals surface area contributed by atoms with Crippen LogP contribution in [0.4, 0.5) is 0 Å². The summed E-state index contributed by atoms with van der Waals surface area (Å²) >= 11 is 0. The molecule has 1 nitrogen and oxygen atoms in total. The minimum Gasteiger partial charge on any atom is -0.330 e. The molecule has 3 saturated carbocycles. The average molecular weight is 386 g/mol. The van der Waals surface area contributed by atoms with Crippen molar-refractivity contribution in [3.05, 3.63) is 11.6 Å². The van der Waals surface area contributed by atoms with E-state index in [1.54, 1.807) is 0 Å². The van der Waals surface area contributed by atoms with Crippen LogP contribution in [0.3, 0.4) is 0 Å². The van der Waals surface area contributed by atoms with Gasteiger partial charge in [-0.05, 0) is 117 Å². The van der Waals surface area contributed by atoms with Crippen molar-refractivity contribution in [1.29, 1.82) is 0 Å². The molecule has 8 atom stereocenters. The molecule has 160 valence electrons. The van der Waals surface area contributed by atoms with Crippen molar-refractivity contribution in [3.8, 4) is 0 Å². The molecule has 28 heavy (non-hydrogen) atoms. The molecule has 0 aromatic carbocycles. The monoisotopic (exact) mass is 385 g/mol. The Kier molecular flexibility index (Phi) is 6.05. The lowest BCUT2D eigenvalue weighted by atomic mass is 9.46. The molecule has 0 aliphatic heterocycles. The standard InChI is InChI=1S/C27H47N/c1-19(18-28)8-7-9-20(2)23-13-14-24-22-12-11-21-10-5-6-16-26(21,3)25(22)15-17-27(23,24)4/h10,19-20,22-25H,5-9,11-18,28H2,1-4H3/t19?,20-,22+,23-,24+,25+,26+,27-/m1/s1. The van der Waals surface area contributed by atoms with Gasteiger partial charge < -0.3 is 5.73 Å². The molecular weight excluding hydrogens is 338 g/mol. The molecule has 0 spiro atoms. The molecule has 1 unspecified atom stereocenters. The van der Waals surface area contributed by atoms with E-state index < -0.39 is 0 Å². The highest BCUT2D eigenvalue weighted by atomic mass is 14.6. The van der Waals surface area contributed by atoms with Crippen LogP contribution in [-0.4, -0.2) is 6.54 Å². The molecule has 3 fully saturated rings. The largest absolute Gasteiger partial charge is 0.330 e. The summed E-state index contributed by atoms with van der Waals surface area (Å²) in [5.74, 6) is 5.61. The second-order valence-electron chi connectivity index (χ2n) is 11.9. The molecular formula is C27H47N. The second kappa shape index (κ2) is 8.09. The van der Waals surface area contributed by atoms with Crippen molar-refractivity contribution < 1.29 is 0 Å². The first-order valence-electron chi connectivity index (χ1n) is 12.8. The Morgan fingerprint density at radius 1 is 1.04 bits per heavy atom. The van der Waals surface area contributed by atoms with Crippen molar-refractivity contribution in [2.75, 3.05) is 6.54 Å². The SMILES string of the molecule is CC(CN)CCC[C@@H](C)[C@H]1CC[C@H]2[C@@H]3CCC4=CCCC[C@]4(C)[C@H]3CC[C@]12C. The predicted molar refractivity (Wildman–Crippen MR) is 121 cm³/mol. The van der Waals surface area contributed by atoms with Gasteiger partial charge in [0.15, 0.2) is 0 Å². The van der Waals surface area contributed by atoms with E-state index in [1.165, 1.54) is 77.0 Å². The van der Waals surface area contributed by atoms with E-state index in [0.717, 1.165) is 36.1 Å². The zero-order chi connectivity index (χ0) is 19.9. The van der Waals surface area contributed by atoms with Gasteiger partial charge in [-0.2, -0.15) is 0 Å². The maximum Gasteiger partial charge on any atom is -0.00515 e. The Bertz CT molecular complexity index is 579. The number of rotatable bonds is 6. The number of hydrogen-bond donors (Lipinski definition) is 1. The number of allylic oxidation sites excluding steroid dienone is 2. The minimum atomic E-state index is 0.560. The summed E-state index contributed by atoms with van der Waals surface area (Å²) in [6.45, 7) is 11.1. The lowest BCUT2D eigenvalue weighted by Gasteiger charge is -2.58. The highest BCUT2D eigenvalue weighted by Crippen LogP contribution is 2.67. The third-order valence-electron chi connectivity index (χ3n) is 10.5. The number of nitrogens with two attached hydrogens (primary N) is 1. The predicted octanol–water partition coefficient (Wildman–Crippen LogP) is 7.36. The van der Waals surface area contributed by atoms with Crippen LogP contribution in [0.25, 0.3) is 0 Å². The molecule has 0 saturated heterocycles. The molecule has 0 heterocycles. The maximum atomic E-state index is 5.84. The van der Waals surface area contributed by atoms with Crippen LogP contribution in [0.2, 0.25) is 0 Å². The van der Waals surface area contributed by atoms with Crippen molar-refractivity contribution >= 4 is 0 Å². The van der Waals surface area contributed by atoms with Crippen molar-refractivity contribution in [3.63, 3.8) is 0 Å². The van der Waals surface area contributed by atoms with E-state index in [-0.39, 0.29) is 0 Å². The van der Waals surface area contributed by atoms with Gasteiger partial charge in [0.1, 0.15) is 0 Å². The van der Waals surface area contributed by atoms with E-state index in [4.69, 9.17) is 5.73 Å². The molecule has 0 bridgehead atoms. The molecule has 4 aliphatic rings. The Hall–Kier alpha value is -0.300. The first kappa shape index (κ1) is 21.0. The van der Waals surface area contributed by atoms with Gasteiger partial charge in [-0.3, -0.25) is 0 Å². The van der Waals surface area contributed by atoms with Crippen LogP contribution in [0.15, 0.2) is 11.6 Å². The van der Waals surface area contributed by atoms with Crippen LogP contribution in [0, 0.1) is 46.3 Å². The van der Waals surface area contributed by atoms with Crippen LogP contribution in [0.5, 0.6) is 0 Å². The normalized spacial score (nSPS) is 44.8. The first-order valence-corrected chi connectivity index (χ1v) is 12.8. The molecule has 2 N–H and O–H groups in total. The summed E-state index contributed by atoms with van der Waals surface area (Å²) in [6, 6.07) is 0. The average Bonchev–Trinajstić information content (AvgIpc) is 3.04. The van der Waals surface area contributed by atoms with Gasteiger partial charge in [-0.25, -0.2) is 0 Å². The summed E-state index contributed by atoms with van der Waals surface area (Å²) in [5, 5.41) is 0. The highest BCUT2D eigenvalue weighted by Gasteiger charge is 2.59. The Morgan fingerprint density at radius 2 is 1.86 bits per heavy atom. The Morgan fingerprint density at radius 3 is 2.64 bits per heavy atom. The summed E-state index contributed by atoms with van der Waals surface area (Å²) in [4.78, 5) is 0. The van der Waals surface area contributed by atoms with Gasteiger partial charge in [0.2, 0.25) is 0 Å². The zero-order valence-corrected chi connectivity index (χ0v) is 19.3. The highest BCUT2D eigenvalue weighted by molar-refractivity contribution is 5.23. The third kappa shape index (κ3) is 3.42. The quantitative estimate of drug-likeness (QED) is 0.475. The van der Waals surface area contributed by atoms with Crippen LogP contribution >= 0.6 is 0 Å². The Labute approximate surface area is 175 Å². The van der Waals surface area contributed by atoms with Gasteiger partial charge in [-0.15, -0.1) is 0 Å². The third-order valence-corrected chi connectivity index (χ3v) is 10.5. The molecule has 1 heteroatoms. The van der Waals surface area contributed by atoms with E-state index >= 15 is 0 Å². The summed E-state index contributed by atoms with van der Waals surface area (Å²) in [5.41, 5.74) is 8.89. The van der Waals surface area contributed by atoms with E-state index in [9.17, 15) is 0 Å².